The lowest BCUT2D eigenvalue weighted by atomic mass is 9.92. The third-order valence-corrected chi connectivity index (χ3v) is 4.95. The van der Waals surface area contributed by atoms with Crippen LogP contribution in [-0.2, 0) is 17.6 Å². The monoisotopic (exact) mass is 353 g/mol. The SMILES string of the molecule is CC[C@H](NC(=O)COc1ccc2c(c1)CCCC2)c1ccc(OC)cc1. The Hall–Kier alpha value is -2.49. The summed E-state index contributed by atoms with van der Waals surface area (Å²) >= 11 is 0. The predicted octanol–water partition coefficient (Wildman–Crippen LogP) is 4.22. The van der Waals surface area contributed by atoms with E-state index in [2.05, 4.69) is 24.4 Å². The van der Waals surface area contributed by atoms with Gasteiger partial charge in [-0.25, -0.2) is 0 Å². The first-order valence-electron chi connectivity index (χ1n) is 9.37. The average Bonchev–Trinajstić information content (AvgIpc) is 2.70. The smallest absolute Gasteiger partial charge is 0.258 e. The van der Waals surface area contributed by atoms with Gasteiger partial charge in [-0.1, -0.05) is 25.1 Å². The fourth-order valence-corrected chi connectivity index (χ4v) is 3.44. The molecular formula is C22H27NO3. The zero-order valence-corrected chi connectivity index (χ0v) is 15.6. The molecule has 0 unspecified atom stereocenters. The topological polar surface area (TPSA) is 47.6 Å². The number of nitrogens with one attached hydrogen (secondary N) is 1. The molecule has 26 heavy (non-hydrogen) atoms. The average molecular weight is 353 g/mol. The number of carbonyl (C=O) groups is 1. The van der Waals surface area contributed by atoms with Gasteiger partial charge in [0.15, 0.2) is 6.61 Å². The summed E-state index contributed by atoms with van der Waals surface area (Å²) in [6.45, 7) is 2.09. The van der Waals surface area contributed by atoms with E-state index in [1.807, 2.05) is 30.3 Å². The molecule has 1 aliphatic carbocycles. The Balaban J connectivity index is 1.55. The van der Waals surface area contributed by atoms with E-state index in [-0.39, 0.29) is 18.6 Å². The van der Waals surface area contributed by atoms with E-state index in [1.54, 1.807) is 7.11 Å². The number of aryl methyl sites for hydroxylation is 2. The first kappa shape index (κ1) is 18.3. The van der Waals surface area contributed by atoms with E-state index in [1.165, 1.54) is 24.0 Å². The summed E-state index contributed by atoms with van der Waals surface area (Å²) < 4.78 is 10.9. The molecule has 0 bridgehead atoms. The van der Waals surface area contributed by atoms with Crippen LogP contribution in [0.15, 0.2) is 42.5 Å². The molecule has 138 valence electrons. The van der Waals surface area contributed by atoms with Crippen LogP contribution < -0.4 is 14.8 Å². The Bertz CT molecular complexity index is 740. The Morgan fingerprint density at radius 2 is 1.73 bits per heavy atom. The minimum atomic E-state index is -0.106. The van der Waals surface area contributed by atoms with Crippen molar-refractivity contribution in [3.05, 3.63) is 59.2 Å². The third-order valence-electron chi connectivity index (χ3n) is 4.95. The van der Waals surface area contributed by atoms with Gasteiger partial charge in [-0.15, -0.1) is 0 Å². The molecule has 0 radical (unpaired) electrons. The van der Waals surface area contributed by atoms with Crippen molar-refractivity contribution >= 4 is 5.91 Å². The number of fused-ring (bicyclic) bond motifs is 1. The van der Waals surface area contributed by atoms with Gasteiger partial charge < -0.3 is 14.8 Å². The zero-order chi connectivity index (χ0) is 18.4. The maximum Gasteiger partial charge on any atom is 0.258 e. The fraction of sp³-hybridized carbons (Fsp3) is 0.409. The highest BCUT2D eigenvalue weighted by atomic mass is 16.5. The minimum absolute atomic E-state index is 0.0273. The number of hydrogen-bond acceptors (Lipinski definition) is 3. The van der Waals surface area contributed by atoms with E-state index in [4.69, 9.17) is 9.47 Å². The molecule has 4 nitrogen and oxygen atoms in total. The van der Waals surface area contributed by atoms with Crippen molar-refractivity contribution in [2.45, 2.75) is 45.1 Å². The molecule has 1 N–H and O–H groups in total. The highest BCUT2D eigenvalue weighted by molar-refractivity contribution is 5.78. The molecule has 0 aliphatic heterocycles. The van der Waals surface area contributed by atoms with Crippen LogP contribution in [0.3, 0.4) is 0 Å². The number of rotatable bonds is 7. The molecule has 1 aliphatic rings. The van der Waals surface area contributed by atoms with Gasteiger partial charge in [-0.2, -0.15) is 0 Å². The van der Waals surface area contributed by atoms with E-state index in [0.717, 1.165) is 36.3 Å². The number of amides is 1. The summed E-state index contributed by atoms with van der Waals surface area (Å²) in [5.74, 6) is 1.48. The van der Waals surface area contributed by atoms with Crippen LogP contribution in [0, 0.1) is 0 Å². The number of benzene rings is 2. The lowest BCUT2D eigenvalue weighted by molar-refractivity contribution is -0.123. The van der Waals surface area contributed by atoms with Crippen LogP contribution in [0.5, 0.6) is 11.5 Å². The molecular weight excluding hydrogens is 326 g/mol. The first-order chi connectivity index (χ1) is 12.7. The van der Waals surface area contributed by atoms with Gasteiger partial charge in [0, 0.05) is 0 Å². The van der Waals surface area contributed by atoms with Crippen LogP contribution in [0.1, 0.15) is 48.9 Å². The van der Waals surface area contributed by atoms with E-state index in [9.17, 15) is 4.79 Å². The van der Waals surface area contributed by atoms with Crippen LogP contribution in [-0.4, -0.2) is 19.6 Å². The van der Waals surface area contributed by atoms with E-state index < -0.39 is 0 Å². The van der Waals surface area contributed by atoms with Crippen molar-refractivity contribution in [3.63, 3.8) is 0 Å². The van der Waals surface area contributed by atoms with Gasteiger partial charge in [0.1, 0.15) is 11.5 Å². The van der Waals surface area contributed by atoms with Crippen molar-refractivity contribution in [3.8, 4) is 11.5 Å². The Morgan fingerprint density at radius 1 is 1.04 bits per heavy atom. The normalized spacial score (nSPS) is 14.2. The second kappa shape index (κ2) is 8.75. The molecule has 1 atom stereocenters. The van der Waals surface area contributed by atoms with Gasteiger partial charge >= 0.3 is 0 Å². The van der Waals surface area contributed by atoms with Crippen LogP contribution in [0.25, 0.3) is 0 Å². The second-order valence-corrected chi connectivity index (χ2v) is 6.73. The van der Waals surface area contributed by atoms with Crippen LogP contribution >= 0.6 is 0 Å². The van der Waals surface area contributed by atoms with Crippen LogP contribution in [0.4, 0.5) is 0 Å². The van der Waals surface area contributed by atoms with Gasteiger partial charge in [-0.3, -0.25) is 4.79 Å². The first-order valence-corrected chi connectivity index (χ1v) is 9.37. The second-order valence-electron chi connectivity index (χ2n) is 6.73. The molecule has 0 heterocycles. The number of carbonyl (C=O) groups excluding carboxylic acids is 1. The molecule has 0 fully saturated rings. The highest BCUT2D eigenvalue weighted by Crippen LogP contribution is 2.25. The molecule has 3 rings (SSSR count). The summed E-state index contributed by atoms with van der Waals surface area (Å²) in [4.78, 5) is 12.3. The van der Waals surface area contributed by atoms with Crippen molar-refractivity contribution < 1.29 is 14.3 Å². The lowest BCUT2D eigenvalue weighted by Crippen LogP contribution is -2.32. The largest absolute Gasteiger partial charge is 0.497 e. The molecule has 0 spiro atoms. The van der Waals surface area contributed by atoms with Gasteiger partial charge in [0.25, 0.3) is 5.91 Å². The highest BCUT2D eigenvalue weighted by Gasteiger charge is 2.14. The van der Waals surface area contributed by atoms with E-state index >= 15 is 0 Å². The lowest BCUT2D eigenvalue weighted by Gasteiger charge is -2.19. The van der Waals surface area contributed by atoms with Gasteiger partial charge in [0.05, 0.1) is 13.2 Å². The standard InChI is InChI=1S/C22H27NO3/c1-3-21(17-9-11-19(25-2)12-10-17)23-22(24)15-26-20-13-8-16-6-4-5-7-18(16)14-20/h8-14,21H,3-7,15H2,1-2H3,(H,23,24)/t21-/m0/s1. The summed E-state index contributed by atoms with van der Waals surface area (Å²) in [5.41, 5.74) is 3.84. The van der Waals surface area contributed by atoms with Crippen molar-refractivity contribution in [2.24, 2.45) is 0 Å². The Morgan fingerprint density at radius 3 is 2.42 bits per heavy atom. The molecule has 2 aromatic carbocycles. The maximum atomic E-state index is 12.3. The van der Waals surface area contributed by atoms with E-state index in [0.29, 0.717) is 0 Å². The molecule has 2 aromatic rings. The maximum absolute atomic E-state index is 12.3. The quantitative estimate of drug-likeness (QED) is 0.811. The summed E-state index contributed by atoms with van der Waals surface area (Å²) in [6, 6.07) is 14.0. The Kier molecular flexibility index (Phi) is 6.16. The zero-order valence-electron chi connectivity index (χ0n) is 15.6. The van der Waals surface area contributed by atoms with Crippen LogP contribution in [0.2, 0.25) is 0 Å². The third kappa shape index (κ3) is 4.57. The van der Waals surface area contributed by atoms with Crippen molar-refractivity contribution in [2.75, 3.05) is 13.7 Å². The fourth-order valence-electron chi connectivity index (χ4n) is 3.44. The number of hydrogen-bond donors (Lipinski definition) is 1. The molecule has 4 heteroatoms. The predicted molar refractivity (Wildman–Crippen MR) is 103 cm³/mol. The van der Waals surface area contributed by atoms with Gasteiger partial charge in [0.2, 0.25) is 0 Å². The molecule has 1 amide bonds. The van der Waals surface area contributed by atoms with Gasteiger partial charge in [-0.05, 0) is 73.1 Å². The van der Waals surface area contributed by atoms with Crippen molar-refractivity contribution in [1.29, 1.82) is 0 Å². The summed E-state index contributed by atoms with van der Waals surface area (Å²) in [6.07, 6.45) is 5.57. The van der Waals surface area contributed by atoms with Crippen molar-refractivity contribution in [1.82, 2.24) is 5.32 Å². The molecule has 0 saturated carbocycles. The Labute approximate surface area is 155 Å². The molecule has 0 saturated heterocycles. The molecule has 0 aromatic heterocycles. The number of ether oxygens (including phenoxy) is 2. The number of methoxy groups -OCH3 is 1. The summed E-state index contributed by atoms with van der Waals surface area (Å²) in [7, 11) is 1.64. The summed E-state index contributed by atoms with van der Waals surface area (Å²) in [5, 5.41) is 3.05. The minimum Gasteiger partial charge on any atom is -0.497 e.